The van der Waals surface area contributed by atoms with Crippen LogP contribution in [0.15, 0.2) is 48.5 Å². The first-order chi connectivity index (χ1) is 13.3. The van der Waals surface area contributed by atoms with Gasteiger partial charge in [0, 0.05) is 5.02 Å². The van der Waals surface area contributed by atoms with Crippen LogP contribution in [0.3, 0.4) is 0 Å². The van der Waals surface area contributed by atoms with Gasteiger partial charge in [-0.2, -0.15) is 0 Å². The molecule has 0 spiro atoms. The maximum atomic E-state index is 14.6. The Morgan fingerprint density at radius 1 is 1.07 bits per heavy atom. The second kappa shape index (κ2) is 8.51. The van der Waals surface area contributed by atoms with E-state index >= 15 is 0 Å². The Bertz CT molecular complexity index is 893. The number of carbonyl (C=O) groups is 2. The molecular formula is C22H25ClFNO4. The Morgan fingerprint density at radius 3 is 2.14 bits per heavy atom. The van der Waals surface area contributed by atoms with E-state index in [0.717, 1.165) is 11.1 Å². The number of carbonyl (C=O) groups excluding carboxylic acids is 1. The summed E-state index contributed by atoms with van der Waals surface area (Å²) in [6.07, 6.45) is -2.57. The molecule has 3 unspecified atom stereocenters. The Hall–Kier alpha value is -2.44. The molecule has 2 rings (SSSR count). The molecule has 5 nitrogen and oxygen atoms in total. The molecule has 0 aromatic heterocycles. The number of aliphatic carboxylic acids is 1. The van der Waals surface area contributed by atoms with Crippen LogP contribution in [0.5, 0.6) is 0 Å². The standard InChI is InChI=1S/C22H25ClFNO4/c1-21(2,3)29-20(28)17(18(24)19(26)27)22(4,25)15-11-10-14(12-16(15)23)13-8-6-5-7-9-13/h5-12,17-18H,25H2,1-4H3,(H,26,27). The SMILES string of the molecule is CC(C)(C)OC(=O)C(C(F)C(=O)O)C(C)(N)c1ccc(-c2ccccc2)cc1Cl. The van der Waals surface area contributed by atoms with Gasteiger partial charge in [0.1, 0.15) is 11.5 Å². The Kier molecular flexibility index (Phi) is 6.71. The van der Waals surface area contributed by atoms with Crippen LogP contribution in [-0.4, -0.2) is 28.8 Å². The minimum atomic E-state index is -2.57. The first-order valence-corrected chi connectivity index (χ1v) is 9.46. The molecule has 0 saturated carbocycles. The van der Waals surface area contributed by atoms with Gasteiger partial charge in [0.05, 0.1) is 5.54 Å². The van der Waals surface area contributed by atoms with E-state index in [-0.39, 0.29) is 10.6 Å². The van der Waals surface area contributed by atoms with Gasteiger partial charge in [-0.15, -0.1) is 0 Å². The van der Waals surface area contributed by atoms with Crippen molar-refractivity contribution in [1.29, 1.82) is 0 Å². The lowest BCUT2D eigenvalue weighted by Crippen LogP contribution is -2.53. The maximum absolute atomic E-state index is 14.6. The van der Waals surface area contributed by atoms with Crippen molar-refractivity contribution in [2.45, 2.75) is 45.0 Å². The number of alkyl halides is 1. The highest BCUT2D eigenvalue weighted by Gasteiger charge is 2.49. The van der Waals surface area contributed by atoms with Crippen LogP contribution in [-0.2, 0) is 19.9 Å². The summed E-state index contributed by atoms with van der Waals surface area (Å²) in [4.78, 5) is 24.0. The third-order valence-electron chi connectivity index (χ3n) is 4.49. The molecule has 0 aliphatic carbocycles. The van der Waals surface area contributed by atoms with Crippen LogP contribution in [0.25, 0.3) is 11.1 Å². The van der Waals surface area contributed by atoms with Crippen molar-refractivity contribution in [3.63, 3.8) is 0 Å². The highest BCUT2D eigenvalue weighted by molar-refractivity contribution is 6.31. The maximum Gasteiger partial charge on any atom is 0.339 e. The Labute approximate surface area is 174 Å². The van der Waals surface area contributed by atoms with Crippen molar-refractivity contribution in [1.82, 2.24) is 0 Å². The number of benzene rings is 2. The van der Waals surface area contributed by atoms with E-state index < -0.39 is 35.2 Å². The van der Waals surface area contributed by atoms with Crippen molar-refractivity contribution in [2.24, 2.45) is 11.7 Å². The molecule has 3 N–H and O–H groups in total. The number of hydrogen-bond acceptors (Lipinski definition) is 4. The van der Waals surface area contributed by atoms with Gasteiger partial charge in [-0.1, -0.05) is 54.1 Å². The zero-order chi connectivity index (χ0) is 22.0. The zero-order valence-corrected chi connectivity index (χ0v) is 17.5. The number of carboxylic acid groups (broad SMARTS) is 1. The highest BCUT2D eigenvalue weighted by Crippen LogP contribution is 2.38. The molecular weight excluding hydrogens is 397 g/mol. The molecule has 0 aliphatic heterocycles. The highest BCUT2D eigenvalue weighted by atomic mass is 35.5. The first kappa shape index (κ1) is 22.8. The number of rotatable bonds is 6. The van der Waals surface area contributed by atoms with Crippen LogP contribution in [0.1, 0.15) is 33.3 Å². The van der Waals surface area contributed by atoms with E-state index in [1.54, 1.807) is 39.0 Å². The first-order valence-electron chi connectivity index (χ1n) is 9.08. The van der Waals surface area contributed by atoms with Gasteiger partial charge in [0.25, 0.3) is 0 Å². The summed E-state index contributed by atoms with van der Waals surface area (Å²) >= 11 is 6.43. The van der Waals surface area contributed by atoms with Crippen molar-refractivity contribution in [3.05, 3.63) is 59.1 Å². The van der Waals surface area contributed by atoms with Crippen molar-refractivity contribution < 1.29 is 23.8 Å². The molecule has 0 saturated heterocycles. The summed E-state index contributed by atoms with van der Waals surface area (Å²) in [5.41, 5.74) is 5.64. The van der Waals surface area contributed by atoms with Crippen molar-refractivity contribution >= 4 is 23.5 Å². The second-order valence-electron chi connectivity index (χ2n) is 8.09. The zero-order valence-electron chi connectivity index (χ0n) is 16.8. The predicted molar refractivity (Wildman–Crippen MR) is 110 cm³/mol. The van der Waals surface area contributed by atoms with E-state index in [1.165, 1.54) is 6.92 Å². The lowest BCUT2D eigenvalue weighted by molar-refractivity contribution is -0.170. The molecule has 0 heterocycles. The minimum absolute atomic E-state index is 0.197. The normalized spacial score (nSPS) is 15.8. The monoisotopic (exact) mass is 421 g/mol. The fourth-order valence-corrected chi connectivity index (χ4v) is 3.49. The number of nitrogens with two attached hydrogens (primary N) is 1. The summed E-state index contributed by atoms with van der Waals surface area (Å²) in [6.45, 7) is 6.18. The number of esters is 1. The summed E-state index contributed by atoms with van der Waals surface area (Å²) in [7, 11) is 0. The van der Waals surface area contributed by atoms with E-state index in [2.05, 4.69) is 0 Å². The minimum Gasteiger partial charge on any atom is -0.479 e. The number of hydrogen-bond donors (Lipinski definition) is 2. The fraction of sp³-hybridized carbons (Fsp3) is 0.364. The van der Waals surface area contributed by atoms with Crippen molar-refractivity contribution in [3.8, 4) is 11.1 Å². The molecule has 7 heteroatoms. The molecule has 29 heavy (non-hydrogen) atoms. The van der Waals surface area contributed by atoms with Crippen LogP contribution >= 0.6 is 11.6 Å². The summed E-state index contributed by atoms with van der Waals surface area (Å²) in [5.74, 6) is -4.63. The fourth-order valence-electron chi connectivity index (χ4n) is 3.11. The third-order valence-corrected chi connectivity index (χ3v) is 4.80. The topological polar surface area (TPSA) is 89.6 Å². The predicted octanol–water partition coefficient (Wildman–Crippen LogP) is 4.56. The average molecular weight is 422 g/mol. The van der Waals surface area contributed by atoms with Crippen molar-refractivity contribution in [2.75, 3.05) is 0 Å². The Morgan fingerprint density at radius 2 is 1.66 bits per heavy atom. The number of carboxylic acids is 1. The Balaban J connectivity index is 2.50. The molecule has 2 aromatic rings. The molecule has 0 fully saturated rings. The lowest BCUT2D eigenvalue weighted by Gasteiger charge is -2.36. The van der Waals surface area contributed by atoms with Gasteiger partial charge in [-0.3, -0.25) is 4.79 Å². The summed E-state index contributed by atoms with van der Waals surface area (Å²) in [5, 5.41) is 9.40. The van der Waals surface area contributed by atoms with Crippen LogP contribution < -0.4 is 5.73 Å². The molecule has 3 atom stereocenters. The molecule has 0 aliphatic rings. The van der Waals surface area contributed by atoms with Gasteiger partial charge in [0.15, 0.2) is 0 Å². The molecule has 2 aromatic carbocycles. The number of halogens is 2. The van der Waals surface area contributed by atoms with Gasteiger partial charge >= 0.3 is 11.9 Å². The smallest absolute Gasteiger partial charge is 0.339 e. The quantitative estimate of drug-likeness (QED) is 0.667. The van der Waals surface area contributed by atoms with Gasteiger partial charge < -0.3 is 15.6 Å². The van der Waals surface area contributed by atoms with Crippen LogP contribution in [0, 0.1) is 5.92 Å². The summed E-state index contributed by atoms with van der Waals surface area (Å²) < 4.78 is 19.9. The van der Waals surface area contributed by atoms with Gasteiger partial charge in [-0.05, 0) is 50.5 Å². The van der Waals surface area contributed by atoms with E-state index in [9.17, 15) is 19.1 Å². The largest absolute Gasteiger partial charge is 0.479 e. The number of ether oxygens (including phenoxy) is 1. The molecule has 156 valence electrons. The third kappa shape index (κ3) is 5.34. The van der Waals surface area contributed by atoms with E-state index in [4.69, 9.17) is 22.1 Å². The second-order valence-corrected chi connectivity index (χ2v) is 8.50. The van der Waals surface area contributed by atoms with Gasteiger partial charge in [-0.25, -0.2) is 9.18 Å². The van der Waals surface area contributed by atoms with Gasteiger partial charge in [0.2, 0.25) is 6.17 Å². The summed E-state index contributed by atoms with van der Waals surface area (Å²) in [6, 6.07) is 14.4. The van der Waals surface area contributed by atoms with E-state index in [0.29, 0.717) is 0 Å². The van der Waals surface area contributed by atoms with Crippen LogP contribution in [0.2, 0.25) is 5.02 Å². The molecule has 0 radical (unpaired) electrons. The molecule has 0 bridgehead atoms. The molecule has 0 amide bonds. The van der Waals surface area contributed by atoms with Crippen LogP contribution in [0.4, 0.5) is 4.39 Å². The average Bonchev–Trinajstić information content (AvgIpc) is 2.60. The van der Waals surface area contributed by atoms with E-state index in [1.807, 2.05) is 30.3 Å². The lowest BCUT2D eigenvalue weighted by atomic mass is 9.77.